The van der Waals surface area contributed by atoms with Gasteiger partial charge < -0.3 is 19.7 Å². The van der Waals surface area contributed by atoms with Crippen LogP contribution in [-0.2, 0) is 4.74 Å². The Kier molecular flexibility index (Phi) is 9.36. The summed E-state index contributed by atoms with van der Waals surface area (Å²) in [5.74, 6) is -0.217. The third-order valence-electron chi connectivity index (χ3n) is 6.89. The number of nitrogens with zero attached hydrogens (tertiary/aromatic N) is 5. The van der Waals surface area contributed by atoms with Crippen LogP contribution in [0.4, 0.5) is 26.0 Å². The number of aromatic nitrogens is 4. The highest BCUT2D eigenvalue weighted by Crippen LogP contribution is 2.40. The Labute approximate surface area is 249 Å². The van der Waals surface area contributed by atoms with Gasteiger partial charge in [-0.25, -0.2) is 23.7 Å². The number of methoxy groups -OCH3 is 1. The van der Waals surface area contributed by atoms with Gasteiger partial charge >= 0.3 is 0 Å². The van der Waals surface area contributed by atoms with Gasteiger partial charge in [0.05, 0.1) is 54.0 Å². The first-order chi connectivity index (χ1) is 20.9. The molecule has 5 heterocycles. The minimum Gasteiger partial charge on any atom is -0.481 e. The summed E-state index contributed by atoms with van der Waals surface area (Å²) in [6.07, 6.45) is 6.34. The van der Waals surface area contributed by atoms with Crippen LogP contribution in [0, 0.1) is 18.6 Å². The zero-order valence-electron chi connectivity index (χ0n) is 24.7. The molecule has 0 aliphatic carbocycles. The predicted octanol–water partition coefficient (Wildman–Crippen LogP) is 7.35. The van der Waals surface area contributed by atoms with Crippen molar-refractivity contribution in [2.75, 3.05) is 43.6 Å². The average Bonchev–Trinajstić information content (AvgIpc) is 3.03. The topological polar surface area (TPSA) is 85.3 Å². The van der Waals surface area contributed by atoms with E-state index < -0.39 is 11.6 Å². The first kappa shape index (κ1) is 29.8. The SMILES string of the molecule is CCC.COc1cc(-c2cnc(N3CCOCC3)cc2Nc2c(C)c(-c3ccccn3)nc3cc(F)cc(F)c23)ccn1. The average molecular weight is 585 g/mol. The Morgan fingerprint density at radius 3 is 2.49 bits per heavy atom. The first-order valence-electron chi connectivity index (χ1n) is 14.2. The van der Waals surface area contributed by atoms with Crippen LogP contribution in [0.1, 0.15) is 25.8 Å². The molecule has 0 bridgehead atoms. The molecule has 1 aliphatic rings. The highest BCUT2D eigenvalue weighted by Gasteiger charge is 2.21. The lowest BCUT2D eigenvalue weighted by atomic mass is 10.0. The fourth-order valence-electron chi connectivity index (χ4n) is 4.88. The summed E-state index contributed by atoms with van der Waals surface area (Å²) < 4.78 is 40.6. The van der Waals surface area contributed by atoms with Gasteiger partial charge in [0.25, 0.3) is 0 Å². The summed E-state index contributed by atoms with van der Waals surface area (Å²) in [5.41, 5.74) is 4.67. The Morgan fingerprint density at radius 1 is 0.977 bits per heavy atom. The first-order valence-corrected chi connectivity index (χ1v) is 14.2. The number of fused-ring (bicyclic) bond motifs is 1. The van der Waals surface area contributed by atoms with E-state index in [-0.39, 0.29) is 10.9 Å². The molecule has 5 aromatic rings. The highest BCUT2D eigenvalue weighted by atomic mass is 19.1. The molecule has 0 unspecified atom stereocenters. The number of halogens is 2. The second-order valence-corrected chi connectivity index (χ2v) is 10.1. The minimum atomic E-state index is -0.713. The molecule has 10 heteroatoms. The molecule has 0 radical (unpaired) electrons. The van der Waals surface area contributed by atoms with Gasteiger partial charge in [-0.3, -0.25) is 4.98 Å². The zero-order valence-corrected chi connectivity index (χ0v) is 24.7. The van der Waals surface area contributed by atoms with E-state index >= 15 is 4.39 Å². The van der Waals surface area contributed by atoms with Crippen molar-refractivity contribution in [2.24, 2.45) is 0 Å². The molecule has 0 spiro atoms. The molecule has 0 atom stereocenters. The van der Waals surface area contributed by atoms with Crippen LogP contribution in [0.5, 0.6) is 5.88 Å². The molecule has 1 N–H and O–H groups in total. The Bertz CT molecular complexity index is 1710. The van der Waals surface area contributed by atoms with Gasteiger partial charge in [0.1, 0.15) is 17.5 Å². The van der Waals surface area contributed by atoms with E-state index in [0.717, 1.165) is 23.0 Å². The molecule has 0 saturated carbocycles. The largest absolute Gasteiger partial charge is 0.481 e. The summed E-state index contributed by atoms with van der Waals surface area (Å²) >= 11 is 0. The van der Waals surface area contributed by atoms with Crippen molar-refractivity contribution in [2.45, 2.75) is 27.2 Å². The van der Waals surface area contributed by atoms with Crippen molar-refractivity contribution >= 4 is 28.1 Å². The van der Waals surface area contributed by atoms with E-state index in [4.69, 9.17) is 14.5 Å². The van der Waals surface area contributed by atoms with Crippen molar-refractivity contribution in [3.63, 3.8) is 0 Å². The second kappa shape index (κ2) is 13.5. The van der Waals surface area contributed by atoms with Gasteiger partial charge in [-0.05, 0) is 30.7 Å². The minimum absolute atomic E-state index is 0.181. The van der Waals surface area contributed by atoms with Crippen molar-refractivity contribution in [1.29, 1.82) is 0 Å². The van der Waals surface area contributed by atoms with E-state index in [0.29, 0.717) is 60.5 Å². The second-order valence-electron chi connectivity index (χ2n) is 10.1. The van der Waals surface area contributed by atoms with Gasteiger partial charge in [-0.1, -0.05) is 26.3 Å². The summed E-state index contributed by atoms with van der Waals surface area (Å²) in [4.78, 5) is 20.2. The van der Waals surface area contributed by atoms with Crippen molar-refractivity contribution in [3.05, 3.63) is 84.3 Å². The number of nitrogens with one attached hydrogen (secondary N) is 1. The summed E-state index contributed by atoms with van der Waals surface area (Å²) in [7, 11) is 1.55. The molecule has 43 heavy (non-hydrogen) atoms. The van der Waals surface area contributed by atoms with Gasteiger partial charge in [0.15, 0.2) is 0 Å². The van der Waals surface area contributed by atoms with E-state index in [1.807, 2.05) is 37.3 Å². The normalized spacial score (nSPS) is 12.9. The molecule has 6 rings (SSSR count). The zero-order chi connectivity index (χ0) is 30.3. The summed E-state index contributed by atoms with van der Waals surface area (Å²) in [6.45, 7) is 8.70. The van der Waals surface area contributed by atoms with Crippen LogP contribution in [-0.4, -0.2) is 53.3 Å². The molecule has 4 aromatic heterocycles. The maximum absolute atomic E-state index is 15.4. The highest BCUT2D eigenvalue weighted by molar-refractivity contribution is 5.99. The monoisotopic (exact) mass is 584 g/mol. The van der Waals surface area contributed by atoms with E-state index in [1.165, 1.54) is 12.5 Å². The van der Waals surface area contributed by atoms with Gasteiger partial charge in [0, 0.05) is 67.1 Å². The number of benzene rings is 1. The molecule has 0 amide bonds. The van der Waals surface area contributed by atoms with Crippen LogP contribution in [0.3, 0.4) is 0 Å². The number of anilines is 3. The summed E-state index contributed by atoms with van der Waals surface area (Å²) in [6, 6.07) is 13.2. The lowest BCUT2D eigenvalue weighted by Crippen LogP contribution is -2.36. The van der Waals surface area contributed by atoms with Crippen LogP contribution in [0.15, 0.2) is 67.1 Å². The van der Waals surface area contributed by atoms with Gasteiger partial charge in [0.2, 0.25) is 5.88 Å². The standard InChI is InChI=1S/C30H26F2N6O2.C3H8/c1-18-29(23-5-3-4-7-33-23)37-25-15-20(31)14-22(32)28(25)30(18)36-24-16-26(38-9-11-40-12-10-38)35-17-21(24)19-6-8-34-27(13-19)39-2;1-3-2/h3-8,13-17H,9-12H2,1-2H3,(H,35,36,37);3H2,1-2H3. The lowest BCUT2D eigenvalue weighted by Gasteiger charge is -2.28. The molecule has 1 aromatic carbocycles. The van der Waals surface area contributed by atoms with Crippen LogP contribution in [0.25, 0.3) is 33.4 Å². The van der Waals surface area contributed by atoms with Crippen molar-refractivity contribution in [1.82, 2.24) is 19.9 Å². The van der Waals surface area contributed by atoms with Crippen molar-refractivity contribution < 1.29 is 18.3 Å². The Balaban J connectivity index is 0.00000118. The molecule has 1 fully saturated rings. The number of hydrogen-bond acceptors (Lipinski definition) is 8. The molecular weight excluding hydrogens is 550 g/mol. The van der Waals surface area contributed by atoms with Crippen LogP contribution < -0.4 is 15.0 Å². The summed E-state index contributed by atoms with van der Waals surface area (Å²) in [5, 5.41) is 3.66. The molecule has 8 nitrogen and oxygen atoms in total. The number of morpholine rings is 1. The van der Waals surface area contributed by atoms with Crippen LogP contribution >= 0.6 is 0 Å². The van der Waals surface area contributed by atoms with E-state index in [9.17, 15) is 4.39 Å². The fraction of sp³-hybridized carbons (Fsp3) is 0.273. The van der Waals surface area contributed by atoms with Crippen molar-refractivity contribution in [3.8, 4) is 28.4 Å². The van der Waals surface area contributed by atoms with Gasteiger partial charge in [-0.2, -0.15) is 0 Å². The molecule has 1 saturated heterocycles. The maximum Gasteiger partial charge on any atom is 0.213 e. The van der Waals surface area contributed by atoms with E-state index in [2.05, 4.69) is 39.0 Å². The maximum atomic E-state index is 15.4. The number of rotatable bonds is 6. The number of pyridine rings is 4. The molecule has 1 aliphatic heterocycles. The molecule has 222 valence electrons. The number of hydrogen-bond donors (Lipinski definition) is 1. The third-order valence-corrected chi connectivity index (χ3v) is 6.89. The predicted molar refractivity (Wildman–Crippen MR) is 166 cm³/mol. The lowest BCUT2D eigenvalue weighted by molar-refractivity contribution is 0.122. The third kappa shape index (κ3) is 6.54. The fourth-order valence-corrected chi connectivity index (χ4v) is 4.88. The van der Waals surface area contributed by atoms with E-state index in [1.54, 1.807) is 31.8 Å². The number of ether oxygens (including phenoxy) is 2. The Hall–Kier alpha value is -4.70. The Morgan fingerprint density at radius 2 is 1.77 bits per heavy atom. The quantitative estimate of drug-likeness (QED) is 0.222. The van der Waals surface area contributed by atoms with Crippen LogP contribution in [0.2, 0.25) is 0 Å². The molecular formula is C33H34F2N6O2. The van der Waals surface area contributed by atoms with Gasteiger partial charge in [-0.15, -0.1) is 0 Å². The smallest absolute Gasteiger partial charge is 0.213 e.